The minimum atomic E-state index is -0.520. The lowest BCUT2D eigenvalue weighted by Crippen LogP contribution is -2.45. The molecule has 2 amide bonds. The lowest BCUT2D eigenvalue weighted by Gasteiger charge is -2.14. The number of thioether (sulfide) groups is 1. The van der Waals surface area contributed by atoms with Gasteiger partial charge in [0.25, 0.3) is 11.8 Å². The van der Waals surface area contributed by atoms with Crippen molar-refractivity contribution in [2.45, 2.75) is 42.6 Å². The predicted octanol–water partition coefficient (Wildman–Crippen LogP) is 3.28. The Morgan fingerprint density at radius 1 is 1.10 bits per heavy atom. The lowest BCUT2D eigenvalue weighted by molar-refractivity contribution is -0.121. The maximum atomic E-state index is 13.0. The molecule has 0 spiro atoms. The quantitative estimate of drug-likeness (QED) is 0.436. The number of nitrogens with one attached hydrogen (secondary N) is 2. The molecule has 9 heteroatoms. The van der Waals surface area contributed by atoms with Crippen molar-refractivity contribution >= 4 is 23.6 Å². The SMILES string of the molecule is C[C@H](Sc1nnc(C2CC2)n1Cc1ccccc1)C(=O)NNC(=O)c1ccc(F)cc1. The van der Waals surface area contributed by atoms with E-state index >= 15 is 0 Å². The Labute approximate surface area is 183 Å². The van der Waals surface area contributed by atoms with Gasteiger partial charge in [-0.2, -0.15) is 0 Å². The van der Waals surface area contributed by atoms with E-state index in [4.69, 9.17) is 0 Å². The molecule has 1 heterocycles. The standard InChI is InChI=1S/C22H22FN5O2S/c1-14(20(29)25-26-21(30)17-9-11-18(23)12-10-17)31-22-27-24-19(16-7-8-16)28(22)13-15-5-3-2-4-6-15/h2-6,9-12,14,16H,7-8,13H2,1H3,(H,25,29)(H,26,30)/t14-/m0/s1. The molecular weight excluding hydrogens is 417 g/mol. The number of aromatic nitrogens is 3. The fourth-order valence-corrected chi connectivity index (χ4v) is 3.91. The molecule has 4 rings (SSSR count). The molecule has 1 saturated carbocycles. The highest BCUT2D eigenvalue weighted by Crippen LogP contribution is 2.40. The minimum Gasteiger partial charge on any atom is -0.301 e. The van der Waals surface area contributed by atoms with Gasteiger partial charge in [-0.15, -0.1) is 10.2 Å². The predicted molar refractivity (Wildman–Crippen MR) is 115 cm³/mol. The van der Waals surface area contributed by atoms with Gasteiger partial charge in [0, 0.05) is 11.5 Å². The number of hydrogen-bond acceptors (Lipinski definition) is 5. The van der Waals surface area contributed by atoms with Gasteiger partial charge in [-0.3, -0.25) is 20.4 Å². The van der Waals surface area contributed by atoms with Crippen LogP contribution in [0.1, 0.15) is 47.4 Å². The topological polar surface area (TPSA) is 88.9 Å². The number of carbonyl (C=O) groups is 2. The Hall–Kier alpha value is -3.20. The molecule has 31 heavy (non-hydrogen) atoms. The maximum absolute atomic E-state index is 13.0. The molecule has 0 bridgehead atoms. The normalized spacial score (nSPS) is 14.1. The van der Waals surface area contributed by atoms with Crippen molar-refractivity contribution in [3.63, 3.8) is 0 Å². The van der Waals surface area contributed by atoms with Gasteiger partial charge in [-0.25, -0.2) is 4.39 Å². The van der Waals surface area contributed by atoms with Crippen LogP contribution in [0.4, 0.5) is 4.39 Å². The zero-order chi connectivity index (χ0) is 21.8. The highest BCUT2D eigenvalue weighted by molar-refractivity contribution is 8.00. The molecule has 0 saturated heterocycles. The van der Waals surface area contributed by atoms with Crippen LogP contribution in [0.15, 0.2) is 59.8 Å². The van der Waals surface area contributed by atoms with Crippen molar-refractivity contribution in [3.05, 3.63) is 77.4 Å². The summed E-state index contributed by atoms with van der Waals surface area (Å²) in [7, 11) is 0. The minimum absolute atomic E-state index is 0.249. The molecule has 1 fully saturated rings. The number of hydrogen-bond donors (Lipinski definition) is 2. The van der Waals surface area contributed by atoms with Crippen LogP contribution < -0.4 is 10.9 Å². The third-order valence-electron chi connectivity index (χ3n) is 4.93. The molecule has 2 aromatic carbocycles. The smallest absolute Gasteiger partial charge is 0.269 e. The van der Waals surface area contributed by atoms with Gasteiger partial charge in [-0.1, -0.05) is 42.1 Å². The molecule has 0 aliphatic heterocycles. The summed E-state index contributed by atoms with van der Waals surface area (Å²) in [5.41, 5.74) is 6.15. The van der Waals surface area contributed by atoms with Crippen LogP contribution in [-0.2, 0) is 11.3 Å². The lowest BCUT2D eigenvalue weighted by atomic mass is 10.2. The summed E-state index contributed by atoms with van der Waals surface area (Å²) in [4.78, 5) is 24.6. The Balaban J connectivity index is 1.39. The van der Waals surface area contributed by atoms with Crippen LogP contribution in [0.5, 0.6) is 0 Å². The number of rotatable bonds is 7. The molecule has 1 aliphatic carbocycles. The van der Waals surface area contributed by atoms with Crippen molar-refractivity contribution in [2.24, 2.45) is 0 Å². The van der Waals surface area contributed by atoms with Crippen LogP contribution in [0.3, 0.4) is 0 Å². The first kappa shape index (κ1) is 21.0. The number of carbonyl (C=O) groups excluding carboxylic acids is 2. The van der Waals surface area contributed by atoms with Crippen molar-refractivity contribution in [1.82, 2.24) is 25.6 Å². The van der Waals surface area contributed by atoms with Crippen molar-refractivity contribution in [1.29, 1.82) is 0 Å². The number of nitrogens with zero attached hydrogens (tertiary/aromatic N) is 3. The zero-order valence-corrected chi connectivity index (χ0v) is 17.7. The van der Waals surface area contributed by atoms with Gasteiger partial charge in [0.1, 0.15) is 11.6 Å². The zero-order valence-electron chi connectivity index (χ0n) is 16.9. The molecule has 160 valence electrons. The van der Waals surface area contributed by atoms with E-state index in [9.17, 15) is 14.0 Å². The average molecular weight is 440 g/mol. The molecule has 3 aromatic rings. The fourth-order valence-electron chi connectivity index (χ4n) is 3.05. The fraction of sp³-hybridized carbons (Fsp3) is 0.273. The molecule has 1 aromatic heterocycles. The Morgan fingerprint density at radius 2 is 1.81 bits per heavy atom. The summed E-state index contributed by atoms with van der Waals surface area (Å²) in [5, 5.41) is 8.84. The van der Waals surface area contributed by atoms with Gasteiger partial charge < -0.3 is 4.57 Å². The summed E-state index contributed by atoms with van der Waals surface area (Å²) in [6.07, 6.45) is 2.20. The number of benzene rings is 2. The average Bonchev–Trinajstić information content (AvgIpc) is 3.55. The second kappa shape index (κ2) is 9.30. The van der Waals surface area contributed by atoms with Crippen molar-refractivity contribution in [2.75, 3.05) is 0 Å². The van der Waals surface area contributed by atoms with Crippen LogP contribution >= 0.6 is 11.8 Å². The third-order valence-corrected chi connectivity index (χ3v) is 6.01. The van der Waals surface area contributed by atoms with Crippen LogP contribution in [0, 0.1) is 5.82 Å². The van der Waals surface area contributed by atoms with E-state index in [-0.39, 0.29) is 11.5 Å². The van der Waals surface area contributed by atoms with Gasteiger partial charge >= 0.3 is 0 Å². The van der Waals surface area contributed by atoms with E-state index in [1.807, 2.05) is 30.3 Å². The summed E-state index contributed by atoms with van der Waals surface area (Å²) >= 11 is 1.29. The summed E-state index contributed by atoms with van der Waals surface area (Å²) in [6, 6.07) is 15.1. The van der Waals surface area contributed by atoms with E-state index in [1.165, 1.54) is 36.0 Å². The van der Waals surface area contributed by atoms with E-state index in [2.05, 4.69) is 25.6 Å². The van der Waals surface area contributed by atoms with E-state index < -0.39 is 17.0 Å². The van der Waals surface area contributed by atoms with E-state index in [1.54, 1.807) is 6.92 Å². The summed E-state index contributed by atoms with van der Waals surface area (Å²) in [5.74, 6) is 0.0422. The van der Waals surface area contributed by atoms with Crippen molar-refractivity contribution < 1.29 is 14.0 Å². The maximum Gasteiger partial charge on any atom is 0.269 e. The molecule has 1 aliphatic rings. The van der Waals surface area contributed by atoms with Gasteiger partial charge in [0.2, 0.25) is 0 Å². The molecule has 7 nitrogen and oxygen atoms in total. The Bertz CT molecular complexity index is 1070. The molecule has 0 radical (unpaired) electrons. The van der Waals surface area contributed by atoms with E-state index in [0.717, 1.165) is 24.2 Å². The van der Waals surface area contributed by atoms with Crippen molar-refractivity contribution in [3.8, 4) is 0 Å². The molecule has 1 atom stereocenters. The second-order valence-electron chi connectivity index (χ2n) is 7.40. The van der Waals surface area contributed by atoms with Crippen LogP contribution in [0.25, 0.3) is 0 Å². The van der Waals surface area contributed by atoms with Gasteiger partial charge in [0.05, 0.1) is 11.8 Å². The largest absolute Gasteiger partial charge is 0.301 e. The Morgan fingerprint density at radius 3 is 2.48 bits per heavy atom. The Kier molecular flexibility index (Phi) is 6.31. The van der Waals surface area contributed by atoms with E-state index in [0.29, 0.717) is 17.6 Å². The number of halogens is 1. The van der Waals surface area contributed by atoms with Crippen LogP contribution in [0.2, 0.25) is 0 Å². The summed E-state index contributed by atoms with van der Waals surface area (Å²) in [6.45, 7) is 2.38. The first-order valence-corrected chi connectivity index (χ1v) is 10.9. The number of amides is 2. The molecule has 0 unspecified atom stereocenters. The summed E-state index contributed by atoms with van der Waals surface area (Å²) < 4.78 is 15.1. The third kappa shape index (κ3) is 5.29. The van der Waals surface area contributed by atoms with Gasteiger partial charge in [-0.05, 0) is 49.6 Å². The highest BCUT2D eigenvalue weighted by Gasteiger charge is 2.31. The van der Waals surface area contributed by atoms with Gasteiger partial charge in [0.15, 0.2) is 5.16 Å². The second-order valence-corrected chi connectivity index (χ2v) is 8.71. The first-order chi connectivity index (χ1) is 15.0. The number of hydrazine groups is 1. The first-order valence-electron chi connectivity index (χ1n) is 10.0. The van der Waals surface area contributed by atoms with Crippen LogP contribution in [-0.4, -0.2) is 31.8 Å². The molecular formula is C22H22FN5O2S. The molecule has 2 N–H and O–H groups in total. The highest BCUT2D eigenvalue weighted by atomic mass is 32.2. The monoisotopic (exact) mass is 439 g/mol.